The number of carbonyl (C=O) groups excluding carboxylic acids is 2. The Bertz CT molecular complexity index is 838. The molecule has 0 saturated carbocycles. The number of amides is 1. The van der Waals surface area contributed by atoms with E-state index < -0.39 is 17.5 Å². The van der Waals surface area contributed by atoms with Gasteiger partial charge >= 0.3 is 0 Å². The third-order valence-corrected chi connectivity index (χ3v) is 4.89. The second kappa shape index (κ2) is 12.5. The van der Waals surface area contributed by atoms with E-state index in [0.717, 1.165) is 12.1 Å². The Balaban J connectivity index is 2.74. The van der Waals surface area contributed by atoms with E-state index in [2.05, 4.69) is 17.0 Å². The van der Waals surface area contributed by atoms with E-state index in [0.29, 0.717) is 34.1 Å². The number of benzene rings is 1. The quantitative estimate of drug-likeness (QED) is 0.148. The summed E-state index contributed by atoms with van der Waals surface area (Å²) >= 11 is 1.23. The van der Waals surface area contributed by atoms with Crippen LogP contribution in [0.25, 0.3) is 0 Å². The molecule has 29 heavy (non-hydrogen) atoms. The first-order valence-corrected chi connectivity index (χ1v) is 9.41. The van der Waals surface area contributed by atoms with Crippen LogP contribution < -0.4 is 5.32 Å². The Morgan fingerprint density at radius 2 is 2.10 bits per heavy atom. The third kappa shape index (κ3) is 8.30. The van der Waals surface area contributed by atoms with Crippen LogP contribution in [0.4, 0.5) is 8.78 Å². The summed E-state index contributed by atoms with van der Waals surface area (Å²) in [6, 6.07) is 3.43. The predicted molar refractivity (Wildman–Crippen MR) is 111 cm³/mol. The van der Waals surface area contributed by atoms with E-state index in [-0.39, 0.29) is 6.54 Å². The SMILES string of the molecule is C=N/C(C)=C(\SCN(C)/C=C\C(=C/C=O)OC)C(=O)NCc1ccc(F)c(F)c1. The van der Waals surface area contributed by atoms with Gasteiger partial charge < -0.3 is 15.0 Å². The Morgan fingerprint density at radius 1 is 1.38 bits per heavy atom. The van der Waals surface area contributed by atoms with E-state index in [1.807, 2.05) is 0 Å². The molecule has 9 heteroatoms. The molecule has 0 saturated heterocycles. The monoisotopic (exact) mass is 423 g/mol. The number of methoxy groups -OCH3 is 1. The lowest BCUT2D eigenvalue weighted by atomic mass is 10.2. The summed E-state index contributed by atoms with van der Waals surface area (Å²) in [6.07, 6.45) is 5.20. The lowest BCUT2D eigenvalue weighted by Crippen LogP contribution is -2.25. The summed E-state index contributed by atoms with van der Waals surface area (Å²) in [5.74, 6) is -1.53. The zero-order chi connectivity index (χ0) is 21.8. The Hall–Kier alpha value is -2.94. The molecule has 0 bridgehead atoms. The van der Waals surface area contributed by atoms with Gasteiger partial charge in [-0.15, -0.1) is 0 Å². The van der Waals surface area contributed by atoms with Crippen molar-refractivity contribution in [2.45, 2.75) is 13.5 Å². The number of halogens is 2. The van der Waals surface area contributed by atoms with Gasteiger partial charge in [0.15, 0.2) is 11.6 Å². The van der Waals surface area contributed by atoms with Gasteiger partial charge in [0.2, 0.25) is 0 Å². The van der Waals surface area contributed by atoms with Crippen LogP contribution in [-0.2, 0) is 20.9 Å². The Kier molecular flexibility index (Phi) is 10.4. The molecule has 1 rings (SSSR count). The summed E-state index contributed by atoms with van der Waals surface area (Å²) < 4.78 is 31.3. The maximum Gasteiger partial charge on any atom is 0.259 e. The average molecular weight is 423 g/mol. The molecule has 1 amide bonds. The second-order valence-electron chi connectivity index (χ2n) is 5.76. The highest BCUT2D eigenvalue weighted by Crippen LogP contribution is 2.22. The molecular weight excluding hydrogens is 400 g/mol. The fourth-order valence-electron chi connectivity index (χ4n) is 1.99. The van der Waals surface area contributed by atoms with E-state index in [4.69, 9.17) is 4.74 Å². The predicted octanol–water partition coefficient (Wildman–Crippen LogP) is 3.38. The summed E-state index contributed by atoms with van der Waals surface area (Å²) in [4.78, 5) is 29.0. The molecule has 0 unspecified atom stereocenters. The Labute approximate surface area is 173 Å². The van der Waals surface area contributed by atoms with Crippen molar-refractivity contribution in [1.29, 1.82) is 0 Å². The minimum Gasteiger partial charge on any atom is -0.497 e. The van der Waals surface area contributed by atoms with Crippen LogP contribution in [0.3, 0.4) is 0 Å². The molecule has 0 heterocycles. The third-order valence-electron chi connectivity index (χ3n) is 3.58. The average Bonchev–Trinajstić information content (AvgIpc) is 2.71. The number of nitrogens with zero attached hydrogens (tertiary/aromatic N) is 2. The first-order valence-electron chi connectivity index (χ1n) is 8.42. The van der Waals surface area contributed by atoms with Crippen LogP contribution in [0.15, 0.2) is 57.9 Å². The highest BCUT2D eigenvalue weighted by atomic mass is 32.2. The van der Waals surface area contributed by atoms with Gasteiger partial charge in [-0.3, -0.25) is 14.6 Å². The normalized spacial score (nSPS) is 12.4. The molecule has 0 aliphatic carbocycles. The largest absolute Gasteiger partial charge is 0.497 e. The molecular formula is C20H23F2N3O3S. The van der Waals surface area contributed by atoms with Gasteiger partial charge in [-0.05, 0) is 37.4 Å². The van der Waals surface area contributed by atoms with E-state index in [1.54, 1.807) is 31.1 Å². The molecule has 6 nitrogen and oxygen atoms in total. The lowest BCUT2D eigenvalue weighted by Gasteiger charge is -2.16. The van der Waals surface area contributed by atoms with Gasteiger partial charge in [0.05, 0.1) is 23.6 Å². The molecule has 1 aromatic rings. The minimum atomic E-state index is -0.974. The number of carbonyl (C=O) groups is 2. The molecule has 0 atom stereocenters. The van der Waals surface area contributed by atoms with Crippen molar-refractivity contribution in [3.63, 3.8) is 0 Å². The van der Waals surface area contributed by atoms with Crippen molar-refractivity contribution < 1.29 is 23.1 Å². The number of nitrogens with one attached hydrogen (secondary N) is 1. The number of hydrogen-bond acceptors (Lipinski definition) is 6. The van der Waals surface area contributed by atoms with E-state index in [9.17, 15) is 18.4 Å². The standard InChI is InChI=1S/C20H23F2N3O3S/c1-14(23-2)19(29-13-25(3)9-7-16(28-4)8-10-26)20(27)24-12-15-5-6-17(21)18(22)11-15/h5-11H,2,12-13H2,1,3-4H3,(H,24,27)/b9-7-,16-8+,19-14-. The van der Waals surface area contributed by atoms with Gasteiger partial charge in [0, 0.05) is 25.9 Å². The zero-order valence-electron chi connectivity index (χ0n) is 16.4. The molecule has 1 aromatic carbocycles. The highest BCUT2D eigenvalue weighted by molar-refractivity contribution is 8.03. The number of thioether (sulfide) groups is 1. The fourth-order valence-corrected chi connectivity index (χ4v) is 2.88. The summed E-state index contributed by atoms with van der Waals surface area (Å²) in [5, 5.41) is 2.66. The molecule has 0 spiro atoms. The molecule has 156 valence electrons. The topological polar surface area (TPSA) is 71.0 Å². The van der Waals surface area contributed by atoms with Crippen LogP contribution >= 0.6 is 11.8 Å². The molecule has 0 aromatic heterocycles. The van der Waals surface area contributed by atoms with Gasteiger partial charge in [0.25, 0.3) is 5.91 Å². The van der Waals surface area contributed by atoms with Gasteiger partial charge in [0.1, 0.15) is 12.0 Å². The number of ether oxygens (including phenoxy) is 1. The van der Waals surface area contributed by atoms with Crippen molar-refractivity contribution in [3.05, 3.63) is 70.1 Å². The highest BCUT2D eigenvalue weighted by Gasteiger charge is 2.14. The van der Waals surface area contributed by atoms with Gasteiger partial charge in [-0.2, -0.15) is 0 Å². The molecule has 1 N–H and O–H groups in total. The fraction of sp³-hybridized carbons (Fsp3) is 0.250. The van der Waals surface area contributed by atoms with E-state index >= 15 is 0 Å². The maximum absolute atomic E-state index is 13.3. The van der Waals surface area contributed by atoms with Crippen LogP contribution in [0, 0.1) is 11.6 Å². The lowest BCUT2D eigenvalue weighted by molar-refractivity contribution is -0.117. The second-order valence-corrected chi connectivity index (χ2v) is 6.71. The smallest absolute Gasteiger partial charge is 0.259 e. The summed E-state index contributed by atoms with van der Waals surface area (Å²) in [6.45, 7) is 5.13. The van der Waals surface area contributed by atoms with Crippen LogP contribution in [0.1, 0.15) is 12.5 Å². The maximum atomic E-state index is 13.3. The minimum absolute atomic E-state index is 0.0357. The summed E-state index contributed by atoms with van der Waals surface area (Å²) in [5.41, 5.74) is 0.869. The summed E-state index contributed by atoms with van der Waals surface area (Å²) in [7, 11) is 3.23. The molecule has 0 aliphatic rings. The molecule has 0 radical (unpaired) electrons. The molecule has 0 fully saturated rings. The number of hydrogen-bond donors (Lipinski definition) is 1. The first-order chi connectivity index (χ1) is 13.8. The molecule has 0 aliphatic heterocycles. The van der Waals surface area contributed by atoms with Gasteiger partial charge in [-0.1, -0.05) is 17.8 Å². The first kappa shape index (κ1) is 24.1. The Morgan fingerprint density at radius 3 is 2.69 bits per heavy atom. The zero-order valence-corrected chi connectivity index (χ0v) is 17.3. The van der Waals surface area contributed by atoms with E-state index in [1.165, 1.54) is 31.0 Å². The van der Waals surface area contributed by atoms with Crippen molar-refractivity contribution in [2.75, 3.05) is 20.0 Å². The van der Waals surface area contributed by atoms with Gasteiger partial charge in [-0.25, -0.2) is 8.78 Å². The van der Waals surface area contributed by atoms with Crippen molar-refractivity contribution >= 4 is 30.7 Å². The van der Waals surface area contributed by atoms with Crippen molar-refractivity contribution in [3.8, 4) is 0 Å². The van der Waals surface area contributed by atoms with Crippen LogP contribution in [0.2, 0.25) is 0 Å². The van der Waals surface area contributed by atoms with Crippen LogP contribution in [-0.4, -0.2) is 43.8 Å². The van der Waals surface area contributed by atoms with Crippen molar-refractivity contribution in [2.24, 2.45) is 4.99 Å². The number of allylic oxidation sites excluding steroid dienone is 3. The number of rotatable bonds is 11. The van der Waals surface area contributed by atoms with Crippen molar-refractivity contribution in [1.82, 2.24) is 10.2 Å². The van der Waals surface area contributed by atoms with Crippen LogP contribution in [0.5, 0.6) is 0 Å². The number of aliphatic imine (C=N–C) groups is 1. The number of aldehydes is 1.